The van der Waals surface area contributed by atoms with Crippen LogP contribution in [-0.4, -0.2) is 40.0 Å². The Hall–Kier alpha value is -2.90. The molecule has 118 valence electrons. The van der Waals surface area contributed by atoms with Crippen molar-refractivity contribution >= 4 is 29.4 Å². The largest absolute Gasteiger partial charge is 0.481 e. The Kier molecular flexibility index (Phi) is 6.06. The van der Waals surface area contributed by atoms with Gasteiger partial charge in [0.15, 0.2) is 0 Å². The molecule has 0 bridgehead atoms. The highest BCUT2D eigenvalue weighted by molar-refractivity contribution is 5.98. The van der Waals surface area contributed by atoms with E-state index in [0.29, 0.717) is 5.69 Å². The maximum atomic E-state index is 12.0. The van der Waals surface area contributed by atoms with E-state index < -0.39 is 23.9 Å². The highest BCUT2D eigenvalue weighted by Crippen LogP contribution is 2.11. The number of hydrogen-bond donors (Lipinski definition) is 4. The predicted molar refractivity (Wildman–Crippen MR) is 76.5 cm³/mol. The van der Waals surface area contributed by atoms with Crippen molar-refractivity contribution in [3.63, 3.8) is 0 Å². The molecule has 22 heavy (non-hydrogen) atoms. The van der Waals surface area contributed by atoms with Gasteiger partial charge in [0.05, 0.1) is 0 Å². The molecule has 4 N–H and O–H groups in total. The van der Waals surface area contributed by atoms with E-state index in [4.69, 9.17) is 10.2 Å². The molecule has 0 saturated carbocycles. The summed E-state index contributed by atoms with van der Waals surface area (Å²) >= 11 is 0. The number of nitrogens with one attached hydrogen (secondary N) is 2. The van der Waals surface area contributed by atoms with Gasteiger partial charge >= 0.3 is 11.9 Å². The third kappa shape index (κ3) is 5.61. The normalized spacial score (nSPS) is 11.3. The van der Waals surface area contributed by atoms with Crippen LogP contribution in [0.5, 0.6) is 0 Å². The molecule has 1 aromatic rings. The van der Waals surface area contributed by atoms with Crippen LogP contribution in [0.15, 0.2) is 24.3 Å². The van der Waals surface area contributed by atoms with Crippen molar-refractivity contribution in [2.75, 3.05) is 5.32 Å². The molecule has 0 unspecified atom stereocenters. The maximum absolute atomic E-state index is 12.0. The molecule has 1 rings (SSSR count). The molecule has 0 heterocycles. The average Bonchev–Trinajstić information content (AvgIpc) is 2.42. The minimum atomic E-state index is -1.31. The number of benzene rings is 1. The van der Waals surface area contributed by atoms with Crippen LogP contribution < -0.4 is 10.6 Å². The molecule has 0 aromatic heterocycles. The molecule has 0 aliphatic carbocycles. The van der Waals surface area contributed by atoms with Crippen LogP contribution in [0.2, 0.25) is 0 Å². The monoisotopic (exact) mass is 308 g/mol. The maximum Gasteiger partial charge on any atom is 0.326 e. The Balaban J connectivity index is 2.79. The van der Waals surface area contributed by atoms with Gasteiger partial charge in [-0.2, -0.15) is 0 Å². The summed E-state index contributed by atoms with van der Waals surface area (Å²) in [5.41, 5.74) is 0.561. The zero-order chi connectivity index (χ0) is 16.7. The lowest BCUT2D eigenvalue weighted by Gasteiger charge is -2.14. The summed E-state index contributed by atoms with van der Waals surface area (Å²) in [7, 11) is 0. The molecule has 0 radical (unpaired) electrons. The molecule has 0 aliphatic rings. The Morgan fingerprint density at radius 2 is 1.86 bits per heavy atom. The number of carboxylic acids is 2. The number of carboxylic acid groups (broad SMARTS) is 2. The predicted octanol–water partition coefficient (Wildman–Crippen LogP) is 0.693. The van der Waals surface area contributed by atoms with Crippen LogP contribution in [0.4, 0.5) is 5.69 Å². The van der Waals surface area contributed by atoms with Crippen molar-refractivity contribution in [2.45, 2.75) is 25.8 Å². The van der Waals surface area contributed by atoms with Crippen LogP contribution >= 0.6 is 0 Å². The molecule has 8 nitrogen and oxygen atoms in total. The summed E-state index contributed by atoms with van der Waals surface area (Å²) in [4.78, 5) is 44.5. The summed E-state index contributed by atoms with van der Waals surface area (Å²) < 4.78 is 0. The Labute approximate surface area is 126 Å². The Bertz CT molecular complexity index is 599. The number of amides is 2. The topological polar surface area (TPSA) is 133 Å². The highest BCUT2D eigenvalue weighted by atomic mass is 16.4. The summed E-state index contributed by atoms with van der Waals surface area (Å²) in [6.07, 6.45) is -0.592. The van der Waals surface area contributed by atoms with E-state index in [2.05, 4.69) is 10.6 Å². The van der Waals surface area contributed by atoms with E-state index in [1.165, 1.54) is 25.1 Å². The number of carbonyl (C=O) groups is 4. The quantitative estimate of drug-likeness (QED) is 0.586. The summed E-state index contributed by atoms with van der Waals surface area (Å²) in [6, 6.07) is 4.67. The third-order valence-corrected chi connectivity index (χ3v) is 2.70. The highest BCUT2D eigenvalue weighted by Gasteiger charge is 2.21. The van der Waals surface area contributed by atoms with Gasteiger partial charge < -0.3 is 20.8 Å². The van der Waals surface area contributed by atoms with Gasteiger partial charge in [-0.15, -0.1) is 0 Å². The standard InChI is InChI=1S/C14H16N2O6/c1-8(17)15-10-4-2-3-9(7-10)13(20)16-11(14(21)22)5-6-12(18)19/h2-4,7,11H,5-6H2,1H3,(H,15,17)(H,16,20)(H,18,19)(H,21,22)/t11-/m1/s1. The molecule has 0 fully saturated rings. The van der Waals surface area contributed by atoms with E-state index in [9.17, 15) is 19.2 Å². The first-order valence-electron chi connectivity index (χ1n) is 6.42. The molecule has 2 amide bonds. The molecule has 0 spiro atoms. The Morgan fingerprint density at radius 3 is 2.41 bits per heavy atom. The number of hydrogen-bond acceptors (Lipinski definition) is 4. The number of carbonyl (C=O) groups excluding carboxylic acids is 2. The van der Waals surface area contributed by atoms with Gasteiger partial charge in [-0.25, -0.2) is 4.79 Å². The van der Waals surface area contributed by atoms with Crippen LogP contribution in [0, 0.1) is 0 Å². The lowest BCUT2D eigenvalue weighted by Crippen LogP contribution is -2.41. The summed E-state index contributed by atoms with van der Waals surface area (Å²) in [5.74, 6) is -3.42. The second-order valence-corrected chi connectivity index (χ2v) is 4.56. The second-order valence-electron chi connectivity index (χ2n) is 4.56. The van der Waals surface area contributed by atoms with Gasteiger partial charge in [0.2, 0.25) is 5.91 Å². The molecular formula is C14H16N2O6. The first-order valence-corrected chi connectivity index (χ1v) is 6.42. The first kappa shape index (κ1) is 17.2. The summed E-state index contributed by atoms with van der Waals surface area (Å²) in [5, 5.41) is 22.3. The molecule has 1 atom stereocenters. The molecule has 1 aromatic carbocycles. The van der Waals surface area contributed by atoms with Crippen molar-refractivity contribution in [2.24, 2.45) is 0 Å². The fourth-order valence-corrected chi connectivity index (χ4v) is 1.71. The van der Waals surface area contributed by atoms with E-state index in [1.54, 1.807) is 6.07 Å². The van der Waals surface area contributed by atoms with Gasteiger partial charge in [-0.1, -0.05) is 6.07 Å². The summed E-state index contributed by atoms with van der Waals surface area (Å²) in [6.45, 7) is 1.32. The second kappa shape index (κ2) is 7.77. The third-order valence-electron chi connectivity index (χ3n) is 2.70. The number of anilines is 1. The number of rotatable bonds is 7. The molecular weight excluding hydrogens is 292 g/mol. The van der Waals surface area contributed by atoms with Gasteiger partial charge in [0, 0.05) is 24.6 Å². The molecule has 0 saturated heterocycles. The lowest BCUT2D eigenvalue weighted by molar-refractivity contribution is -0.140. The van der Waals surface area contributed by atoms with Gasteiger partial charge in [-0.3, -0.25) is 14.4 Å². The van der Waals surface area contributed by atoms with Crippen molar-refractivity contribution in [3.05, 3.63) is 29.8 Å². The van der Waals surface area contributed by atoms with E-state index >= 15 is 0 Å². The van der Waals surface area contributed by atoms with Crippen LogP contribution in [0.1, 0.15) is 30.1 Å². The minimum absolute atomic E-state index is 0.160. The fourth-order valence-electron chi connectivity index (χ4n) is 1.71. The SMILES string of the molecule is CC(=O)Nc1cccc(C(=O)N[C@H](CCC(=O)O)C(=O)O)c1. The molecule has 0 aliphatic heterocycles. The molecule has 8 heteroatoms. The van der Waals surface area contributed by atoms with Crippen LogP contribution in [0.3, 0.4) is 0 Å². The van der Waals surface area contributed by atoms with Crippen LogP contribution in [-0.2, 0) is 14.4 Å². The van der Waals surface area contributed by atoms with Crippen molar-refractivity contribution in [1.29, 1.82) is 0 Å². The van der Waals surface area contributed by atoms with Crippen molar-refractivity contribution in [3.8, 4) is 0 Å². The average molecular weight is 308 g/mol. The van der Waals surface area contributed by atoms with Crippen molar-refractivity contribution < 1.29 is 29.4 Å². The van der Waals surface area contributed by atoms with E-state index in [0.717, 1.165) is 0 Å². The number of aliphatic carboxylic acids is 2. The zero-order valence-corrected chi connectivity index (χ0v) is 11.8. The van der Waals surface area contributed by atoms with Crippen LogP contribution in [0.25, 0.3) is 0 Å². The van der Waals surface area contributed by atoms with Gasteiger partial charge in [0.25, 0.3) is 5.91 Å². The van der Waals surface area contributed by atoms with Gasteiger partial charge in [-0.05, 0) is 24.6 Å². The first-order chi connectivity index (χ1) is 10.3. The lowest BCUT2D eigenvalue weighted by atomic mass is 10.1. The van der Waals surface area contributed by atoms with Crippen molar-refractivity contribution in [1.82, 2.24) is 5.32 Å². The minimum Gasteiger partial charge on any atom is -0.481 e. The smallest absolute Gasteiger partial charge is 0.326 e. The fraction of sp³-hybridized carbons (Fsp3) is 0.286. The van der Waals surface area contributed by atoms with E-state index in [-0.39, 0.29) is 24.3 Å². The van der Waals surface area contributed by atoms with E-state index in [1.807, 2.05) is 0 Å². The Morgan fingerprint density at radius 1 is 1.18 bits per heavy atom. The zero-order valence-electron chi connectivity index (χ0n) is 11.8. The van der Waals surface area contributed by atoms with Gasteiger partial charge in [0.1, 0.15) is 6.04 Å².